The summed E-state index contributed by atoms with van der Waals surface area (Å²) in [6.07, 6.45) is 6.16. The van der Waals surface area contributed by atoms with E-state index in [1.807, 2.05) is 0 Å². The number of benzene rings is 1. The molecule has 0 aliphatic carbocycles. The molecule has 4 rings (SSSR count). The SMILES string of the molecule is CCC1CN2CCCC=C2c2[nH]c3ccccc3c21. The van der Waals surface area contributed by atoms with Gasteiger partial charge in [-0.3, -0.25) is 0 Å². The number of hydrogen-bond donors (Lipinski definition) is 1. The normalized spacial score (nSPS) is 22.1. The van der Waals surface area contributed by atoms with Crippen LogP contribution >= 0.6 is 0 Å². The molecule has 2 aliphatic heterocycles. The van der Waals surface area contributed by atoms with Crippen LogP contribution in [0.3, 0.4) is 0 Å². The van der Waals surface area contributed by atoms with Gasteiger partial charge in [0.1, 0.15) is 0 Å². The summed E-state index contributed by atoms with van der Waals surface area (Å²) in [4.78, 5) is 6.25. The Balaban J connectivity index is 1.99. The van der Waals surface area contributed by atoms with Crippen LogP contribution in [0, 0.1) is 0 Å². The molecule has 98 valence electrons. The summed E-state index contributed by atoms with van der Waals surface area (Å²) in [7, 11) is 0. The van der Waals surface area contributed by atoms with E-state index in [-0.39, 0.29) is 0 Å². The molecule has 3 heterocycles. The lowest BCUT2D eigenvalue weighted by Gasteiger charge is -2.38. The molecule has 0 fully saturated rings. The molecule has 2 nitrogen and oxygen atoms in total. The molecule has 0 bridgehead atoms. The molecule has 2 aliphatic rings. The van der Waals surface area contributed by atoms with Gasteiger partial charge >= 0.3 is 0 Å². The van der Waals surface area contributed by atoms with E-state index >= 15 is 0 Å². The molecular weight excluding hydrogens is 232 g/mol. The van der Waals surface area contributed by atoms with Gasteiger partial charge in [0.2, 0.25) is 0 Å². The highest BCUT2D eigenvalue weighted by molar-refractivity contribution is 5.90. The summed E-state index contributed by atoms with van der Waals surface area (Å²) in [5.74, 6) is 0.668. The van der Waals surface area contributed by atoms with Crippen molar-refractivity contribution in [1.82, 2.24) is 9.88 Å². The Hall–Kier alpha value is -1.70. The number of nitrogens with one attached hydrogen (secondary N) is 1. The molecule has 0 radical (unpaired) electrons. The molecule has 0 saturated carbocycles. The number of fused-ring (bicyclic) bond motifs is 5. The second kappa shape index (κ2) is 4.16. The molecule has 1 aromatic heterocycles. The van der Waals surface area contributed by atoms with Gasteiger partial charge < -0.3 is 9.88 Å². The fourth-order valence-corrected chi connectivity index (χ4v) is 3.70. The van der Waals surface area contributed by atoms with Gasteiger partial charge in [-0.15, -0.1) is 0 Å². The predicted molar refractivity (Wildman–Crippen MR) is 80.1 cm³/mol. The first-order valence-corrected chi connectivity index (χ1v) is 7.44. The molecule has 0 amide bonds. The highest BCUT2D eigenvalue weighted by Gasteiger charge is 2.31. The van der Waals surface area contributed by atoms with Crippen molar-refractivity contribution >= 4 is 16.6 Å². The number of rotatable bonds is 1. The summed E-state index contributed by atoms with van der Waals surface area (Å²) in [6, 6.07) is 8.75. The van der Waals surface area contributed by atoms with Crippen molar-refractivity contribution in [3.8, 4) is 0 Å². The first-order valence-electron chi connectivity index (χ1n) is 7.44. The van der Waals surface area contributed by atoms with E-state index in [1.165, 1.54) is 54.6 Å². The van der Waals surface area contributed by atoms with E-state index in [4.69, 9.17) is 0 Å². The zero-order valence-electron chi connectivity index (χ0n) is 11.4. The molecule has 0 saturated heterocycles. The van der Waals surface area contributed by atoms with Crippen molar-refractivity contribution in [1.29, 1.82) is 0 Å². The number of aromatic nitrogens is 1. The van der Waals surface area contributed by atoms with Crippen LogP contribution in [0.2, 0.25) is 0 Å². The third-order valence-corrected chi connectivity index (χ3v) is 4.65. The van der Waals surface area contributed by atoms with Crippen LogP contribution in [0.4, 0.5) is 0 Å². The monoisotopic (exact) mass is 252 g/mol. The van der Waals surface area contributed by atoms with Crippen LogP contribution in [0.1, 0.15) is 43.4 Å². The van der Waals surface area contributed by atoms with Gasteiger partial charge in [-0.1, -0.05) is 31.2 Å². The van der Waals surface area contributed by atoms with E-state index in [2.05, 4.69) is 47.1 Å². The summed E-state index contributed by atoms with van der Waals surface area (Å²) < 4.78 is 0. The Morgan fingerprint density at radius 1 is 1.32 bits per heavy atom. The average Bonchev–Trinajstić information content (AvgIpc) is 2.86. The molecule has 2 aromatic rings. The Morgan fingerprint density at radius 3 is 3.11 bits per heavy atom. The number of allylic oxidation sites excluding steroid dienone is 1. The lowest BCUT2D eigenvalue weighted by Crippen LogP contribution is -2.34. The minimum absolute atomic E-state index is 0.668. The minimum atomic E-state index is 0.668. The Morgan fingerprint density at radius 2 is 2.21 bits per heavy atom. The number of nitrogens with zero attached hydrogens (tertiary/aromatic N) is 1. The smallest absolute Gasteiger partial charge is 0.0661 e. The van der Waals surface area contributed by atoms with Crippen molar-refractivity contribution in [3.05, 3.63) is 41.6 Å². The maximum absolute atomic E-state index is 3.67. The van der Waals surface area contributed by atoms with Crippen molar-refractivity contribution in [3.63, 3.8) is 0 Å². The van der Waals surface area contributed by atoms with Gasteiger partial charge in [0.05, 0.1) is 11.4 Å². The van der Waals surface area contributed by atoms with Crippen molar-refractivity contribution in [2.24, 2.45) is 0 Å². The highest BCUT2D eigenvalue weighted by Crippen LogP contribution is 2.42. The molecule has 1 N–H and O–H groups in total. The van der Waals surface area contributed by atoms with Gasteiger partial charge in [0.15, 0.2) is 0 Å². The van der Waals surface area contributed by atoms with E-state index < -0.39 is 0 Å². The zero-order valence-corrected chi connectivity index (χ0v) is 11.4. The van der Waals surface area contributed by atoms with Crippen molar-refractivity contribution < 1.29 is 0 Å². The number of H-pyrrole nitrogens is 1. The van der Waals surface area contributed by atoms with Crippen molar-refractivity contribution in [2.45, 2.75) is 32.1 Å². The fraction of sp³-hybridized carbons (Fsp3) is 0.412. The molecule has 19 heavy (non-hydrogen) atoms. The highest BCUT2D eigenvalue weighted by atomic mass is 15.2. The second-order valence-corrected chi connectivity index (χ2v) is 5.74. The van der Waals surface area contributed by atoms with Gasteiger partial charge in [0, 0.05) is 29.9 Å². The Kier molecular flexibility index (Phi) is 2.44. The van der Waals surface area contributed by atoms with E-state index in [1.54, 1.807) is 5.56 Å². The first-order chi connectivity index (χ1) is 9.38. The van der Waals surface area contributed by atoms with Gasteiger partial charge in [-0.05, 0) is 30.9 Å². The topological polar surface area (TPSA) is 19.0 Å². The fourth-order valence-electron chi connectivity index (χ4n) is 3.70. The van der Waals surface area contributed by atoms with Gasteiger partial charge in [0.25, 0.3) is 0 Å². The van der Waals surface area contributed by atoms with E-state index in [0.717, 1.165) is 0 Å². The van der Waals surface area contributed by atoms with Crippen LogP contribution in [-0.4, -0.2) is 23.0 Å². The first kappa shape index (κ1) is 11.2. The largest absolute Gasteiger partial charge is 0.369 e. The maximum Gasteiger partial charge on any atom is 0.0661 e. The lowest BCUT2D eigenvalue weighted by atomic mass is 9.87. The summed E-state index contributed by atoms with van der Waals surface area (Å²) >= 11 is 0. The van der Waals surface area contributed by atoms with Gasteiger partial charge in [-0.25, -0.2) is 0 Å². The van der Waals surface area contributed by atoms with Gasteiger partial charge in [-0.2, -0.15) is 0 Å². The maximum atomic E-state index is 3.67. The number of hydrogen-bond acceptors (Lipinski definition) is 1. The molecule has 0 spiro atoms. The average molecular weight is 252 g/mol. The molecule has 1 unspecified atom stereocenters. The van der Waals surface area contributed by atoms with E-state index in [9.17, 15) is 0 Å². The molecule has 2 heteroatoms. The molecular formula is C17H20N2. The minimum Gasteiger partial charge on any atom is -0.369 e. The van der Waals surface area contributed by atoms with Crippen LogP contribution in [0.25, 0.3) is 16.6 Å². The number of aromatic amines is 1. The quantitative estimate of drug-likeness (QED) is 0.809. The Labute approximate surface area is 114 Å². The van der Waals surface area contributed by atoms with Crippen LogP contribution in [-0.2, 0) is 0 Å². The molecule has 1 aromatic carbocycles. The zero-order chi connectivity index (χ0) is 12.8. The molecule has 1 atom stereocenters. The van der Waals surface area contributed by atoms with E-state index in [0.29, 0.717) is 5.92 Å². The lowest BCUT2D eigenvalue weighted by molar-refractivity contribution is 0.332. The van der Waals surface area contributed by atoms with Crippen LogP contribution < -0.4 is 0 Å². The third-order valence-electron chi connectivity index (χ3n) is 4.65. The summed E-state index contributed by atoms with van der Waals surface area (Å²) in [5.41, 5.74) is 5.68. The predicted octanol–water partition coefficient (Wildman–Crippen LogP) is 4.11. The van der Waals surface area contributed by atoms with Crippen LogP contribution in [0.15, 0.2) is 30.3 Å². The number of para-hydroxylation sites is 1. The van der Waals surface area contributed by atoms with Crippen LogP contribution in [0.5, 0.6) is 0 Å². The Bertz CT molecular complexity index is 650. The third kappa shape index (κ3) is 1.55. The summed E-state index contributed by atoms with van der Waals surface area (Å²) in [5, 5.41) is 1.43. The summed E-state index contributed by atoms with van der Waals surface area (Å²) in [6.45, 7) is 4.73. The standard InChI is InChI=1S/C17H20N2/c1-2-12-11-19-10-6-5-9-15(19)17-16(12)13-7-3-4-8-14(13)18-17/h3-4,7-9,12,18H,2,5-6,10-11H2,1H3. The second-order valence-electron chi connectivity index (χ2n) is 5.74. The van der Waals surface area contributed by atoms with Crippen molar-refractivity contribution in [2.75, 3.05) is 13.1 Å².